The van der Waals surface area contributed by atoms with Gasteiger partial charge in [-0.3, -0.25) is 4.90 Å². The summed E-state index contributed by atoms with van der Waals surface area (Å²) in [6.07, 6.45) is 13.1. The molecule has 0 radical (unpaired) electrons. The molecule has 17 heavy (non-hydrogen) atoms. The van der Waals surface area contributed by atoms with Crippen LogP contribution in [0.15, 0.2) is 0 Å². The number of nitrogens with two attached hydrogens (primary N) is 1. The minimum atomic E-state index is 0.711. The molecule has 2 aliphatic carbocycles. The minimum absolute atomic E-state index is 0.711. The molecule has 0 bridgehead atoms. The van der Waals surface area contributed by atoms with Crippen molar-refractivity contribution in [2.75, 3.05) is 13.1 Å². The zero-order valence-corrected chi connectivity index (χ0v) is 11.1. The van der Waals surface area contributed by atoms with Crippen LogP contribution in [0, 0.1) is 11.8 Å². The Balaban J connectivity index is 1.71. The van der Waals surface area contributed by atoms with Crippen molar-refractivity contribution in [3.63, 3.8) is 0 Å². The highest BCUT2D eigenvalue weighted by Gasteiger charge is 2.40. The molecule has 3 unspecified atom stereocenters. The fourth-order valence-corrected chi connectivity index (χ4v) is 4.85. The van der Waals surface area contributed by atoms with E-state index >= 15 is 0 Å². The van der Waals surface area contributed by atoms with E-state index in [2.05, 4.69) is 4.90 Å². The fourth-order valence-electron chi connectivity index (χ4n) is 4.85. The van der Waals surface area contributed by atoms with Crippen LogP contribution >= 0.6 is 0 Å². The highest BCUT2D eigenvalue weighted by Crippen LogP contribution is 2.40. The van der Waals surface area contributed by atoms with Gasteiger partial charge in [0.1, 0.15) is 0 Å². The van der Waals surface area contributed by atoms with E-state index < -0.39 is 0 Å². The molecule has 2 heteroatoms. The van der Waals surface area contributed by atoms with Crippen molar-refractivity contribution < 1.29 is 0 Å². The molecule has 3 atom stereocenters. The Morgan fingerprint density at radius 3 is 2.47 bits per heavy atom. The second-order valence-corrected chi connectivity index (χ2v) is 6.49. The summed E-state index contributed by atoms with van der Waals surface area (Å²) in [7, 11) is 0. The first kappa shape index (κ1) is 12.0. The van der Waals surface area contributed by atoms with E-state index in [9.17, 15) is 0 Å². The van der Waals surface area contributed by atoms with Gasteiger partial charge < -0.3 is 5.73 Å². The van der Waals surface area contributed by atoms with Crippen LogP contribution in [0.5, 0.6) is 0 Å². The Kier molecular flexibility index (Phi) is 3.72. The molecule has 98 valence electrons. The summed E-state index contributed by atoms with van der Waals surface area (Å²) in [5, 5.41) is 0. The maximum atomic E-state index is 6.12. The normalized spacial score (nSPS) is 37.2. The van der Waals surface area contributed by atoms with Gasteiger partial charge in [0.05, 0.1) is 0 Å². The van der Waals surface area contributed by atoms with E-state index in [4.69, 9.17) is 5.73 Å². The van der Waals surface area contributed by atoms with Gasteiger partial charge in [-0.25, -0.2) is 0 Å². The predicted octanol–water partition coefficient (Wildman–Crippen LogP) is 2.77. The third kappa shape index (κ3) is 2.26. The molecule has 0 aromatic rings. The lowest BCUT2D eigenvalue weighted by Gasteiger charge is -2.44. The van der Waals surface area contributed by atoms with Gasteiger partial charge >= 0.3 is 0 Å². The van der Waals surface area contributed by atoms with E-state index in [1.165, 1.54) is 64.3 Å². The maximum absolute atomic E-state index is 6.12. The van der Waals surface area contributed by atoms with E-state index in [1.54, 1.807) is 0 Å². The SMILES string of the molecule is NCC(C1CCCC1)N1CCCC2CCCC21. The van der Waals surface area contributed by atoms with Crippen molar-refractivity contribution >= 4 is 0 Å². The topological polar surface area (TPSA) is 29.3 Å². The zero-order valence-electron chi connectivity index (χ0n) is 11.1. The molecule has 3 rings (SSSR count). The number of nitrogens with zero attached hydrogens (tertiary/aromatic N) is 1. The van der Waals surface area contributed by atoms with Crippen LogP contribution in [0.1, 0.15) is 57.8 Å². The lowest BCUT2D eigenvalue weighted by Crippen LogP contribution is -2.53. The molecule has 1 heterocycles. The first-order valence-corrected chi connectivity index (χ1v) is 7.86. The fraction of sp³-hybridized carbons (Fsp3) is 1.00. The molecule has 3 aliphatic rings. The highest BCUT2D eigenvalue weighted by molar-refractivity contribution is 4.95. The van der Waals surface area contributed by atoms with E-state index in [0.717, 1.165) is 24.4 Å². The number of hydrogen-bond acceptors (Lipinski definition) is 2. The van der Waals surface area contributed by atoms with Crippen LogP contribution < -0.4 is 5.73 Å². The first-order chi connectivity index (χ1) is 8.40. The van der Waals surface area contributed by atoms with E-state index in [-0.39, 0.29) is 0 Å². The highest BCUT2D eigenvalue weighted by atomic mass is 15.2. The molecule has 1 aliphatic heterocycles. The second kappa shape index (κ2) is 5.27. The average Bonchev–Trinajstić information content (AvgIpc) is 3.00. The summed E-state index contributed by atoms with van der Waals surface area (Å²) < 4.78 is 0. The first-order valence-electron chi connectivity index (χ1n) is 7.86. The Labute approximate surface area is 106 Å². The zero-order chi connectivity index (χ0) is 11.7. The summed E-state index contributed by atoms with van der Waals surface area (Å²) in [6.45, 7) is 2.23. The largest absolute Gasteiger partial charge is 0.329 e. The molecule has 0 spiro atoms. The molecule has 2 N–H and O–H groups in total. The van der Waals surface area contributed by atoms with Gasteiger partial charge in [-0.15, -0.1) is 0 Å². The number of fused-ring (bicyclic) bond motifs is 1. The number of hydrogen-bond donors (Lipinski definition) is 1. The van der Waals surface area contributed by atoms with E-state index in [1.807, 2.05) is 0 Å². The summed E-state index contributed by atoms with van der Waals surface area (Å²) >= 11 is 0. The Morgan fingerprint density at radius 2 is 1.71 bits per heavy atom. The minimum Gasteiger partial charge on any atom is -0.329 e. The van der Waals surface area contributed by atoms with Gasteiger partial charge in [0, 0.05) is 18.6 Å². The maximum Gasteiger partial charge on any atom is 0.0249 e. The molecule has 2 saturated carbocycles. The molecular formula is C15H28N2. The number of piperidine rings is 1. The lowest BCUT2D eigenvalue weighted by atomic mass is 9.87. The molecular weight excluding hydrogens is 208 g/mol. The van der Waals surface area contributed by atoms with Crippen LogP contribution in [-0.4, -0.2) is 30.1 Å². The van der Waals surface area contributed by atoms with Gasteiger partial charge in [0.15, 0.2) is 0 Å². The Hall–Kier alpha value is -0.0800. The summed E-state index contributed by atoms with van der Waals surface area (Å²) in [5.74, 6) is 1.93. The summed E-state index contributed by atoms with van der Waals surface area (Å²) in [5.41, 5.74) is 6.12. The average molecular weight is 236 g/mol. The van der Waals surface area contributed by atoms with E-state index in [0.29, 0.717) is 6.04 Å². The van der Waals surface area contributed by atoms with Crippen molar-refractivity contribution in [3.8, 4) is 0 Å². The van der Waals surface area contributed by atoms with Crippen LogP contribution in [0.25, 0.3) is 0 Å². The lowest BCUT2D eigenvalue weighted by molar-refractivity contribution is 0.0440. The third-order valence-electron chi connectivity index (χ3n) is 5.65. The van der Waals surface area contributed by atoms with Crippen molar-refractivity contribution in [2.45, 2.75) is 69.9 Å². The summed E-state index contributed by atoms with van der Waals surface area (Å²) in [4.78, 5) is 2.84. The van der Waals surface area contributed by atoms with Crippen molar-refractivity contribution in [1.82, 2.24) is 4.90 Å². The molecule has 2 nitrogen and oxygen atoms in total. The molecule has 3 fully saturated rings. The van der Waals surface area contributed by atoms with Gasteiger partial charge in [-0.1, -0.05) is 19.3 Å². The van der Waals surface area contributed by atoms with Gasteiger partial charge in [-0.05, 0) is 56.9 Å². The van der Waals surface area contributed by atoms with Crippen LogP contribution in [-0.2, 0) is 0 Å². The van der Waals surface area contributed by atoms with Crippen molar-refractivity contribution in [3.05, 3.63) is 0 Å². The van der Waals surface area contributed by atoms with Gasteiger partial charge in [-0.2, -0.15) is 0 Å². The van der Waals surface area contributed by atoms with Crippen LogP contribution in [0.3, 0.4) is 0 Å². The predicted molar refractivity (Wildman–Crippen MR) is 71.9 cm³/mol. The number of rotatable bonds is 3. The molecule has 1 saturated heterocycles. The van der Waals surface area contributed by atoms with Crippen molar-refractivity contribution in [1.29, 1.82) is 0 Å². The molecule has 0 amide bonds. The quantitative estimate of drug-likeness (QED) is 0.816. The second-order valence-electron chi connectivity index (χ2n) is 6.49. The molecule has 0 aromatic carbocycles. The monoisotopic (exact) mass is 236 g/mol. The van der Waals surface area contributed by atoms with Gasteiger partial charge in [0.25, 0.3) is 0 Å². The Morgan fingerprint density at radius 1 is 0.941 bits per heavy atom. The van der Waals surface area contributed by atoms with Gasteiger partial charge in [0.2, 0.25) is 0 Å². The third-order valence-corrected chi connectivity index (χ3v) is 5.65. The smallest absolute Gasteiger partial charge is 0.0249 e. The summed E-state index contributed by atoms with van der Waals surface area (Å²) in [6, 6.07) is 1.61. The Bertz CT molecular complexity index is 247. The van der Waals surface area contributed by atoms with Crippen molar-refractivity contribution in [2.24, 2.45) is 17.6 Å². The van der Waals surface area contributed by atoms with Crippen LogP contribution in [0.2, 0.25) is 0 Å². The molecule has 0 aromatic heterocycles. The standard InChI is InChI=1S/C15H28N2/c16-11-15(13-5-1-2-6-13)17-10-4-8-12-7-3-9-14(12)17/h12-15H,1-11,16H2. The number of likely N-dealkylation sites (tertiary alicyclic amines) is 1. The van der Waals surface area contributed by atoms with Crippen LogP contribution in [0.4, 0.5) is 0 Å².